The Morgan fingerprint density at radius 2 is 2.17 bits per heavy atom. The summed E-state index contributed by atoms with van der Waals surface area (Å²) in [6.07, 6.45) is 1.78. The molecule has 0 aliphatic rings. The largest absolute Gasteiger partial charge is 0.493 e. The van der Waals surface area contributed by atoms with Crippen molar-refractivity contribution in [3.8, 4) is 5.75 Å². The summed E-state index contributed by atoms with van der Waals surface area (Å²) < 4.78 is 8.28. The summed E-state index contributed by atoms with van der Waals surface area (Å²) in [5, 5.41) is 6.95. The number of para-hydroxylation sites is 1. The van der Waals surface area contributed by atoms with Crippen molar-refractivity contribution in [2.24, 2.45) is 7.05 Å². The van der Waals surface area contributed by atoms with Crippen LogP contribution in [0.3, 0.4) is 0 Å². The predicted molar refractivity (Wildman–Crippen MR) is 73.4 cm³/mol. The second-order valence-corrected chi connectivity index (χ2v) is 4.61. The van der Waals surface area contributed by atoms with Crippen molar-refractivity contribution in [2.75, 3.05) is 6.61 Å². The van der Waals surface area contributed by atoms with Crippen LogP contribution in [0.4, 0.5) is 0 Å². The molecule has 0 bridgehead atoms. The van der Waals surface area contributed by atoms with Gasteiger partial charge in [0, 0.05) is 13.5 Å². The molecule has 4 nitrogen and oxygen atoms in total. The highest BCUT2D eigenvalue weighted by Crippen LogP contribution is 2.16. The zero-order valence-corrected chi connectivity index (χ0v) is 11.5. The minimum atomic E-state index is 0.657. The molecule has 0 aliphatic carbocycles. The molecule has 2 rings (SSSR count). The summed E-state index contributed by atoms with van der Waals surface area (Å²) in [4.78, 5) is 0. The van der Waals surface area contributed by atoms with E-state index in [2.05, 4.69) is 10.2 Å². The van der Waals surface area contributed by atoms with Gasteiger partial charge in [0.2, 0.25) is 0 Å². The Labute approximate surface area is 112 Å². The lowest BCUT2D eigenvalue weighted by atomic mass is 10.2. The Kier molecular flexibility index (Phi) is 4.15. The van der Waals surface area contributed by atoms with Gasteiger partial charge in [0.25, 0.3) is 0 Å². The maximum atomic E-state index is 5.73. The van der Waals surface area contributed by atoms with Crippen LogP contribution in [0.25, 0.3) is 0 Å². The van der Waals surface area contributed by atoms with Gasteiger partial charge in [-0.25, -0.2) is 0 Å². The van der Waals surface area contributed by atoms with E-state index < -0.39 is 0 Å². The van der Waals surface area contributed by atoms with E-state index in [-0.39, 0.29) is 0 Å². The molecular weight excluding hydrogens is 246 g/mol. The van der Waals surface area contributed by atoms with Gasteiger partial charge in [0.05, 0.1) is 6.61 Å². The molecule has 0 spiro atoms. The standard InChI is InChI=1S/C13H17N3OS/c1-10-6-3-4-7-11(10)17-9-5-8-12-14-15-13(18)16(12)2/h3-4,6-7H,5,8-9H2,1-2H3,(H,15,18). The Morgan fingerprint density at radius 1 is 1.39 bits per heavy atom. The number of aryl methyl sites for hydroxylation is 2. The van der Waals surface area contributed by atoms with E-state index in [1.165, 1.54) is 0 Å². The molecule has 1 heterocycles. The molecule has 0 unspecified atom stereocenters. The number of benzene rings is 1. The summed E-state index contributed by atoms with van der Waals surface area (Å²) in [6.45, 7) is 2.73. The molecule has 1 N–H and O–H groups in total. The fraction of sp³-hybridized carbons (Fsp3) is 0.385. The molecule has 5 heteroatoms. The van der Waals surface area contributed by atoms with Crippen LogP contribution < -0.4 is 4.74 Å². The van der Waals surface area contributed by atoms with Crippen LogP contribution in [0.5, 0.6) is 5.75 Å². The molecule has 0 saturated carbocycles. The van der Waals surface area contributed by atoms with Crippen LogP contribution in [-0.4, -0.2) is 21.4 Å². The highest BCUT2D eigenvalue weighted by atomic mass is 32.1. The van der Waals surface area contributed by atoms with E-state index in [0.29, 0.717) is 11.4 Å². The van der Waals surface area contributed by atoms with Gasteiger partial charge in [-0.05, 0) is 37.2 Å². The minimum absolute atomic E-state index is 0.657. The van der Waals surface area contributed by atoms with Crippen molar-refractivity contribution in [2.45, 2.75) is 19.8 Å². The van der Waals surface area contributed by atoms with E-state index in [1.807, 2.05) is 42.8 Å². The number of hydrogen-bond donors (Lipinski definition) is 1. The fourth-order valence-electron chi connectivity index (χ4n) is 1.73. The molecule has 0 fully saturated rings. The topological polar surface area (TPSA) is 42.8 Å². The number of nitrogens with one attached hydrogen (secondary N) is 1. The number of hydrogen-bond acceptors (Lipinski definition) is 3. The third-order valence-corrected chi connectivity index (χ3v) is 3.23. The van der Waals surface area contributed by atoms with Crippen LogP contribution in [0.15, 0.2) is 24.3 Å². The lowest BCUT2D eigenvalue weighted by Gasteiger charge is -2.08. The Balaban J connectivity index is 1.82. The van der Waals surface area contributed by atoms with Crippen LogP contribution in [0.1, 0.15) is 17.8 Å². The van der Waals surface area contributed by atoms with Crippen molar-refractivity contribution >= 4 is 12.2 Å². The van der Waals surface area contributed by atoms with E-state index in [1.54, 1.807) is 0 Å². The van der Waals surface area contributed by atoms with Gasteiger partial charge in [-0.3, -0.25) is 5.10 Å². The van der Waals surface area contributed by atoms with Crippen molar-refractivity contribution in [1.82, 2.24) is 14.8 Å². The van der Waals surface area contributed by atoms with E-state index in [9.17, 15) is 0 Å². The van der Waals surface area contributed by atoms with E-state index in [4.69, 9.17) is 17.0 Å². The normalized spacial score (nSPS) is 10.6. The summed E-state index contributed by atoms with van der Waals surface area (Å²) >= 11 is 5.06. The van der Waals surface area contributed by atoms with Crippen molar-refractivity contribution < 1.29 is 4.74 Å². The summed E-state index contributed by atoms with van der Waals surface area (Å²) in [7, 11) is 1.92. The lowest BCUT2D eigenvalue weighted by molar-refractivity contribution is 0.307. The number of rotatable bonds is 5. The van der Waals surface area contributed by atoms with Crippen molar-refractivity contribution in [3.63, 3.8) is 0 Å². The first-order valence-corrected chi connectivity index (χ1v) is 6.38. The summed E-state index contributed by atoms with van der Waals surface area (Å²) in [5.41, 5.74) is 1.16. The van der Waals surface area contributed by atoms with E-state index in [0.717, 1.165) is 30.0 Å². The number of H-pyrrole nitrogens is 1. The Bertz CT molecular complexity index is 574. The molecule has 0 saturated heterocycles. The smallest absolute Gasteiger partial charge is 0.194 e. The fourth-order valence-corrected chi connectivity index (χ4v) is 1.88. The summed E-state index contributed by atoms with van der Waals surface area (Å²) in [6, 6.07) is 8.04. The quantitative estimate of drug-likeness (QED) is 0.666. The van der Waals surface area contributed by atoms with Crippen LogP contribution >= 0.6 is 12.2 Å². The van der Waals surface area contributed by atoms with Gasteiger partial charge in [0.15, 0.2) is 4.77 Å². The second kappa shape index (κ2) is 5.82. The van der Waals surface area contributed by atoms with Crippen molar-refractivity contribution in [1.29, 1.82) is 0 Å². The molecule has 18 heavy (non-hydrogen) atoms. The zero-order chi connectivity index (χ0) is 13.0. The summed E-state index contributed by atoms with van der Waals surface area (Å²) in [5.74, 6) is 1.92. The predicted octanol–water partition coefficient (Wildman–Crippen LogP) is 2.80. The number of ether oxygens (including phenoxy) is 1. The number of aromatic nitrogens is 3. The third kappa shape index (κ3) is 2.98. The highest BCUT2D eigenvalue weighted by molar-refractivity contribution is 7.71. The molecule has 0 atom stereocenters. The first-order valence-electron chi connectivity index (χ1n) is 5.97. The van der Waals surface area contributed by atoms with Gasteiger partial charge in [-0.15, -0.1) is 0 Å². The molecular formula is C13H17N3OS. The Morgan fingerprint density at radius 3 is 2.83 bits per heavy atom. The third-order valence-electron chi connectivity index (χ3n) is 2.87. The van der Waals surface area contributed by atoms with Gasteiger partial charge >= 0.3 is 0 Å². The Hall–Kier alpha value is -1.62. The molecule has 1 aromatic heterocycles. The van der Waals surface area contributed by atoms with Gasteiger partial charge in [-0.2, -0.15) is 5.10 Å². The van der Waals surface area contributed by atoms with Gasteiger partial charge in [0.1, 0.15) is 11.6 Å². The number of nitrogens with zero attached hydrogens (tertiary/aromatic N) is 2. The average Bonchev–Trinajstić information content (AvgIpc) is 2.68. The lowest BCUT2D eigenvalue weighted by Crippen LogP contribution is -2.04. The SMILES string of the molecule is Cc1ccccc1OCCCc1n[nH]c(=S)n1C. The number of aromatic amines is 1. The molecule has 0 radical (unpaired) electrons. The highest BCUT2D eigenvalue weighted by Gasteiger charge is 2.02. The monoisotopic (exact) mass is 263 g/mol. The average molecular weight is 263 g/mol. The minimum Gasteiger partial charge on any atom is -0.493 e. The zero-order valence-electron chi connectivity index (χ0n) is 10.6. The van der Waals surface area contributed by atoms with E-state index >= 15 is 0 Å². The molecule has 0 amide bonds. The molecule has 0 aliphatic heterocycles. The van der Waals surface area contributed by atoms with Gasteiger partial charge < -0.3 is 9.30 Å². The van der Waals surface area contributed by atoms with Crippen LogP contribution in [0.2, 0.25) is 0 Å². The maximum Gasteiger partial charge on any atom is 0.194 e. The van der Waals surface area contributed by atoms with Crippen LogP contribution in [-0.2, 0) is 13.5 Å². The maximum absolute atomic E-state index is 5.73. The second-order valence-electron chi connectivity index (χ2n) is 4.22. The van der Waals surface area contributed by atoms with Gasteiger partial charge in [-0.1, -0.05) is 18.2 Å². The molecule has 2 aromatic rings. The molecule has 96 valence electrons. The van der Waals surface area contributed by atoms with Crippen molar-refractivity contribution in [3.05, 3.63) is 40.4 Å². The van der Waals surface area contributed by atoms with Crippen LogP contribution in [0, 0.1) is 11.7 Å². The first-order chi connectivity index (χ1) is 8.68. The first kappa shape index (κ1) is 12.8. The molecule has 1 aromatic carbocycles.